The van der Waals surface area contributed by atoms with E-state index in [1.165, 1.54) is 6.92 Å². The van der Waals surface area contributed by atoms with Gasteiger partial charge in [-0.25, -0.2) is 0 Å². The molecule has 0 amide bonds. The number of fused-ring (bicyclic) bond motifs is 3. The van der Waals surface area contributed by atoms with Crippen LogP contribution < -0.4 is 0 Å². The van der Waals surface area contributed by atoms with E-state index < -0.39 is 165 Å². The number of hydrogen-bond acceptors (Lipinski definition) is 22. The summed E-state index contributed by atoms with van der Waals surface area (Å²) in [5, 5.41) is 137. The Bertz CT molecular complexity index is 1740. The molecule has 13 N–H and O–H groups in total. The number of rotatable bonds is 11. The van der Waals surface area contributed by atoms with Gasteiger partial charge in [-0.1, -0.05) is 19.9 Å². The van der Waals surface area contributed by atoms with Gasteiger partial charge in [0, 0.05) is 0 Å². The molecule has 0 unspecified atom stereocenters. The van der Waals surface area contributed by atoms with Crippen LogP contribution in [0.3, 0.4) is 0 Å². The largest absolute Gasteiger partial charge is 0.432 e. The van der Waals surface area contributed by atoms with Crippen LogP contribution in [0.1, 0.15) is 78.6 Å². The molecule has 4 saturated heterocycles. The van der Waals surface area contributed by atoms with Gasteiger partial charge in [-0.2, -0.15) is 0 Å². The van der Waals surface area contributed by atoms with E-state index >= 15 is 0 Å². The monoisotopic (exact) mass is 950 g/mol. The highest BCUT2D eigenvalue weighted by Crippen LogP contribution is 2.73. The van der Waals surface area contributed by atoms with Crippen molar-refractivity contribution in [1.29, 1.82) is 0 Å². The number of aliphatic hydroxyl groups is 13. The Morgan fingerprint density at radius 2 is 1.12 bits per heavy atom. The van der Waals surface area contributed by atoms with Crippen molar-refractivity contribution in [2.75, 3.05) is 19.8 Å². The van der Waals surface area contributed by atoms with Gasteiger partial charge in [0.1, 0.15) is 91.6 Å². The zero-order valence-corrected chi connectivity index (χ0v) is 37.4. The average Bonchev–Trinajstić information content (AvgIpc) is 3.48. The number of ether oxygens (including phenoxy) is 8. The summed E-state index contributed by atoms with van der Waals surface area (Å²) in [7, 11) is 0. The van der Waals surface area contributed by atoms with Crippen LogP contribution in [0.2, 0.25) is 0 Å². The third-order valence-electron chi connectivity index (χ3n) is 17.0. The minimum atomic E-state index is -1.92. The maximum atomic E-state index is 14.3. The Morgan fingerprint density at radius 3 is 1.74 bits per heavy atom. The second-order valence-corrected chi connectivity index (χ2v) is 20.8. The van der Waals surface area contributed by atoms with E-state index in [0.717, 1.165) is 12.0 Å². The molecule has 4 aliphatic heterocycles. The summed E-state index contributed by atoms with van der Waals surface area (Å²) >= 11 is 0. The molecule has 8 fully saturated rings. The molecular weight excluding hydrogens is 880 g/mol. The van der Waals surface area contributed by atoms with E-state index in [4.69, 9.17) is 37.9 Å². The summed E-state index contributed by atoms with van der Waals surface area (Å²) in [6, 6.07) is 0. The van der Waals surface area contributed by atoms with E-state index in [9.17, 15) is 71.2 Å². The molecule has 8 aliphatic rings. The molecule has 378 valence electrons. The summed E-state index contributed by atoms with van der Waals surface area (Å²) in [6.45, 7) is 7.77. The zero-order valence-electron chi connectivity index (χ0n) is 37.4. The molecule has 0 aromatic rings. The van der Waals surface area contributed by atoms with E-state index in [1.807, 2.05) is 6.92 Å². The van der Waals surface area contributed by atoms with Crippen LogP contribution in [0.15, 0.2) is 12.2 Å². The zero-order chi connectivity index (χ0) is 48.0. The summed E-state index contributed by atoms with van der Waals surface area (Å²) in [6.07, 6.45) is -27.4. The second kappa shape index (κ2) is 18.9. The van der Waals surface area contributed by atoms with Gasteiger partial charge in [0.2, 0.25) is 6.29 Å². The Morgan fingerprint density at radius 1 is 0.606 bits per heavy atom. The van der Waals surface area contributed by atoms with Crippen LogP contribution >= 0.6 is 0 Å². The van der Waals surface area contributed by atoms with Crippen LogP contribution in [0.25, 0.3) is 0 Å². The van der Waals surface area contributed by atoms with Gasteiger partial charge < -0.3 is 104 Å². The van der Waals surface area contributed by atoms with Gasteiger partial charge in [0.25, 0.3) is 0 Å². The van der Waals surface area contributed by atoms with Crippen LogP contribution in [0.4, 0.5) is 0 Å². The standard InChI is InChI=1S/C44H70O22/c1-17-12-43-10-6-22-41(3,8-5-9-42(22,4)40(58)65-38-33(57)30(54)26(50)20(14-46)61-38)23(43)7-11-44(17,16-43)66-39-35(64-36-31(55)28(52)24(48)18(2)59-36)34(27(51)21(15-47)62-39)63-37-32(56)29(53)25(49)19(13-45)60-37/h18-39,45-57H,1,5-16H2,2-4H3/t18-,19-,20+,21-,22+,23-,24-,25-,26+,27-,28+,29+,30+,31-,32-,33+,34+,35-,36+,37+,38+,39+,41+,42+,43-,44+/m0/s1. The van der Waals surface area contributed by atoms with Crippen molar-refractivity contribution in [2.45, 2.75) is 207 Å². The number of carbonyl (C=O) groups is 1. The van der Waals surface area contributed by atoms with Gasteiger partial charge in [-0.05, 0) is 93.5 Å². The Balaban J connectivity index is 1.06. The minimum absolute atomic E-state index is 0.0493. The predicted octanol–water partition coefficient (Wildman–Crippen LogP) is -4.09. The lowest BCUT2D eigenvalue weighted by Gasteiger charge is -2.64. The normalized spacial score (nSPS) is 55.2. The molecule has 26 atom stereocenters. The Hall–Kier alpha value is -1.59. The lowest BCUT2D eigenvalue weighted by molar-refractivity contribution is -0.398. The van der Waals surface area contributed by atoms with Gasteiger partial charge >= 0.3 is 5.97 Å². The molecule has 0 aromatic carbocycles. The van der Waals surface area contributed by atoms with Crippen molar-refractivity contribution in [3.8, 4) is 0 Å². The van der Waals surface area contributed by atoms with Crippen molar-refractivity contribution in [3.05, 3.63) is 12.2 Å². The first-order valence-electron chi connectivity index (χ1n) is 23.2. The molecule has 1 spiro atoms. The first kappa shape index (κ1) is 50.8. The fourth-order valence-corrected chi connectivity index (χ4v) is 13.4. The smallest absolute Gasteiger partial charge is 0.314 e. The van der Waals surface area contributed by atoms with E-state index in [1.54, 1.807) is 0 Å². The van der Waals surface area contributed by atoms with E-state index in [0.29, 0.717) is 51.4 Å². The van der Waals surface area contributed by atoms with Crippen molar-refractivity contribution in [3.63, 3.8) is 0 Å². The molecular formula is C44H70O22. The van der Waals surface area contributed by atoms with Crippen molar-refractivity contribution < 1.29 is 109 Å². The van der Waals surface area contributed by atoms with Gasteiger partial charge in [0.15, 0.2) is 18.9 Å². The highest BCUT2D eigenvalue weighted by molar-refractivity contribution is 5.77. The molecule has 4 aliphatic carbocycles. The van der Waals surface area contributed by atoms with E-state index in [2.05, 4.69) is 13.5 Å². The second-order valence-electron chi connectivity index (χ2n) is 20.8. The first-order chi connectivity index (χ1) is 31.1. The lowest BCUT2D eigenvalue weighted by Crippen LogP contribution is -2.67. The van der Waals surface area contributed by atoms with E-state index in [-0.39, 0.29) is 17.3 Å². The Kier molecular flexibility index (Phi) is 14.5. The quantitative estimate of drug-likeness (QED) is 0.0532. The molecule has 4 saturated carbocycles. The summed E-state index contributed by atoms with van der Waals surface area (Å²) in [4.78, 5) is 14.3. The predicted molar refractivity (Wildman–Crippen MR) is 218 cm³/mol. The highest BCUT2D eigenvalue weighted by Gasteiger charge is 2.70. The fraction of sp³-hybridized carbons (Fsp3) is 0.932. The first-order valence-corrected chi connectivity index (χ1v) is 23.2. The summed E-state index contributed by atoms with van der Waals surface area (Å²) in [5.74, 6) is -0.750. The van der Waals surface area contributed by atoms with Crippen LogP contribution in [-0.2, 0) is 42.7 Å². The molecule has 0 radical (unpaired) electrons. The van der Waals surface area contributed by atoms with Crippen LogP contribution in [0.5, 0.6) is 0 Å². The topological polar surface area (TPSA) is 354 Å². The van der Waals surface area contributed by atoms with Crippen LogP contribution in [0, 0.1) is 28.1 Å². The Labute approximate surface area is 381 Å². The molecule has 0 aromatic heterocycles. The van der Waals surface area contributed by atoms with Crippen molar-refractivity contribution in [2.24, 2.45) is 28.1 Å². The summed E-state index contributed by atoms with van der Waals surface area (Å²) in [5.41, 5.74) is -2.19. The maximum absolute atomic E-state index is 14.3. The van der Waals surface area contributed by atoms with Gasteiger partial charge in [-0.15, -0.1) is 0 Å². The minimum Gasteiger partial charge on any atom is -0.432 e. The molecule has 8 rings (SSSR count). The van der Waals surface area contributed by atoms with Crippen molar-refractivity contribution in [1.82, 2.24) is 0 Å². The maximum Gasteiger partial charge on any atom is 0.314 e. The number of hydrogen-bond donors (Lipinski definition) is 13. The highest BCUT2D eigenvalue weighted by atomic mass is 16.8. The number of aliphatic hydroxyl groups excluding tert-OH is 13. The van der Waals surface area contributed by atoms with Crippen LogP contribution in [-0.4, -0.2) is 221 Å². The molecule has 22 nitrogen and oxygen atoms in total. The number of carbonyl (C=O) groups excluding carboxylic acids is 1. The van der Waals surface area contributed by atoms with Gasteiger partial charge in [0.05, 0.1) is 36.9 Å². The molecule has 4 heterocycles. The average molecular weight is 951 g/mol. The lowest BCUT2D eigenvalue weighted by atomic mass is 9.41. The third kappa shape index (κ3) is 8.30. The molecule has 66 heavy (non-hydrogen) atoms. The summed E-state index contributed by atoms with van der Waals surface area (Å²) < 4.78 is 48.4. The molecule has 2 bridgehead atoms. The van der Waals surface area contributed by atoms with Crippen molar-refractivity contribution >= 4 is 5.97 Å². The molecule has 22 heteroatoms. The SMILES string of the molecule is C=C1C[C@]23CC[C@@H]4[C@@](C)(CCC[C@@]4(C)C(=O)O[C@H]4O[C@H](CO)[C@@H](O)[C@@H](O)[C@H]4O)[C@@H]2CC[C@@]1(O[C@H]1O[C@@H](CO)[C@H](O)[C@@H](O[C@H]2O[C@@H](CO)[C@H](O)[C@@H](O)[C@@H]2O)[C@@H]1O[C@H]1O[C@@H](C)[C@H](O)[C@@H](O)[C@@H]1O)C3. The third-order valence-corrected chi connectivity index (χ3v) is 17.0. The fourth-order valence-electron chi connectivity index (χ4n) is 13.4. The van der Waals surface area contributed by atoms with Gasteiger partial charge in [-0.3, -0.25) is 4.79 Å². The number of esters is 1.